The maximum absolute atomic E-state index is 11.7. The lowest BCUT2D eigenvalue weighted by Crippen LogP contribution is -2.14. The van der Waals surface area contributed by atoms with Crippen LogP contribution in [0, 0.1) is 5.92 Å². The van der Waals surface area contributed by atoms with E-state index in [0.717, 1.165) is 6.42 Å². The second-order valence-corrected chi connectivity index (χ2v) is 4.58. The molecule has 17 heavy (non-hydrogen) atoms. The Balaban J connectivity index is 2.68. The fourth-order valence-electron chi connectivity index (χ4n) is 1.53. The molecule has 0 aliphatic carbocycles. The molecule has 0 aliphatic rings. The first kappa shape index (κ1) is 13.4. The van der Waals surface area contributed by atoms with Crippen LogP contribution in [-0.2, 0) is 4.79 Å². The summed E-state index contributed by atoms with van der Waals surface area (Å²) in [6, 6.07) is 7.08. The van der Waals surface area contributed by atoms with Crippen LogP contribution in [0.1, 0.15) is 44.0 Å². The Morgan fingerprint density at radius 1 is 1.24 bits per heavy atom. The molecular formula is C14H19NO2. The van der Waals surface area contributed by atoms with Gasteiger partial charge >= 0.3 is 0 Å². The van der Waals surface area contributed by atoms with E-state index in [-0.39, 0.29) is 11.7 Å². The molecule has 0 spiro atoms. The van der Waals surface area contributed by atoms with Crippen molar-refractivity contribution in [3.63, 3.8) is 0 Å². The zero-order valence-electron chi connectivity index (χ0n) is 10.6. The first-order chi connectivity index (χ1) is 8.00. The number of carbonyl (C=O) groups is 2. The van der Waals surface area contributed by atoms with Gasteiger partial charge in [-0.05, 0) is 31.4 Å². The number of ketones is 1. The average molecular weight is 233 g/mol. The maximum Gasteiger partial charge on any atom is 0.224 e. The molecule has 3 nitrogen and oxygen atoms in total. The third-order valence-electron chi connectivity index (χ3n) is 2.53. The summed E-state index contributed by atoms with van der Waals surface area (Å²) in [7, 11) is 0. The van der Waals surface area contributed by atoms with E-state index in [4.69, 9.17) is 0 Å². The fourth-order valence-corrected chi connectivity index (χ4v) is 1.53. The van der Waals surface area contributed by atoms with Crippen molar-refractivity contribution < 1.29 is 9.59 Å². The van der Waals surface area contributed by atoms with Gasteiger partial charge in [-0.3, -0.25) is 9.59 Å². The van der Waals surface area contributed by atoms with Crippen LogP contribution >= 0.6 is 0 Å². The van der Waals surface area contributed by atoms with Crippen molar-refractivity contribution in [2.45, 2.75) is 33.6 Å². The van der Waals surface area contributed by atoms with Crippen LogP contribution in [0.4, 0.5) is 5.69 Å². The number of nitrogens with one attached hydrogen (secondary N) is 1. The number of anilines is 1. The van der Waals surface area contributed by atoms with Crippen LogP contribution in [0.25, 0.3) is 0 Å². The summed E-state index contributed by atoms with van der Waals surface area (Å²) in [5.74, 6) is 0.431. The summed E-state index contributed by atoms with van der Waals surface area (Å²) in [6.07, 6.45) is 1.35. The molecule has 1 aromatic rings. The van der Waals surface area contributed by atoms with Crippen molar-refractivity contribution in [2.75, 3.05) is 5.32 Å². The Hall–Kier alpha value is -1.64. The van der Waals surface area contributed by atoms with E-state index in [2.05, 4.69) is 19.2 Å². The van der Waals surface area contributed by atoms with Crippen LogP contribution in [0.5, 0.6) is 0 Å². The molecule has 0 unspecified atom stereocenters. The topological polar surface area (TPSA) is 46.2 Å². The van der Waals surface area contributed by atoms with Gasteiger partial charge in [-0.1, -0.05) is 26.0 Å². The zero-order valence-corrected chi connectivity index (χ0v) is 10.6. The largest absolute Gasteiger partial charge is 0.325 e. The molecule has 1 rings (SSSR count). The van der Waals surface area contributed by atoms with Gasteiger partial charge in [0, 0.05) is 12.0 Å². The number of hydrogen-bond acceptors (Lipinski definition) is 2. The smallest absolute Gasteiger partial charge is 0.224 e. The lowest BCUT2D eigenvalue weighted by molar-refractivity contribution is -0.116. The number of rotatable bonds is 5. The van der Waals surface area contributed by atoms with E-state index in [1.807, 2.05) is 6.07 Å². The van der Waals surface area contributed by atoms with Gasteiger partial charge in [0.15, 0.2) is 5.78 Å². The number of carbonyl (C=O) groups excluding carboxylic acids is 2. The first-order valence-corrected chi connectivity index (χ1v) is 5.90. The van der Waals surface area contributed by atoms with Crippen molar-refractivity contribution in [3.8, 4) is 0 Å². The third kappa shape index (κ3) is 4.39. The lowest BCUT2D eigenvalue weighted by Gasteiger charge is -2.09. The minimum absolute atomic E-state index is 0.0348. The first-order valence-electron chi connectivity index (χ1n) is 5.90. The number of para-hydroxylation sites is 1. The normalized spacial score (nSPS) is 10.4. The number of Topliss-reactive ketones (excluding diaryl/α,β-unsaturated/α-hetero) is 1. The predicted molar refractivity (Wildman–Crippen MR) is 69.1 cm³/mol. The SMILES string of the molecule is CC(=O)c1ccccc1NC(=O)CCC(C)C. The summed E-state index contributed by atoms with van der Waals surface area (Å²) in [4.78, 5) is 23.0. The van der Waals surface area contributed by atoms with Crippen LogP contribution in [0.15, 0.2) is 24.3 Å². The van der Waals surface area contributed by atoms with E-state index in [1.54, 1.807) is 18.2 Å². The minimum atomic E-state index is -0.0373. The van der Waals surface area contributed by atoms with Gasteiger partial charge in [0.25, 0.3) is 0 Å². The molecule has 0 bridgehead atoms. The molecule has 0 radical (unpaired) electrons. The Morgan fingerprint density at radius 2 is 1.88 bits per heavy atom. The van der Waals surface area contributed by atoms with Gasteiger partial charge < -0.3 is 5.32 Å². The molecule has 0 aliphatic heterocycles. The molecule has 0 saturated carbocycles. The molecule has 1 amide bonds. The van der Waals surface area contributed by atoms with Crippen LogP contribution in [-0.4, -0.2) is 11.7 Å². The van der Waals surface area contributed by atoms with E-state index in [1.165, 1.54) is 6.92 Å². The Bertz CT molecular complexity index is 410. The highest BCUT2D eigenvalue weighted by Gasteiger charge is 2.09. The van der Waals surface area contributed by atoms with Crippen molar-refractivity contribution >= 4 is 17.4 Å². The molecular weight excluding hydrogens is 214 g/mol. The van der Waals surface area contributed by atoms with E-state index < -0.39 is 0 Å². The van der Waals surface area contributed by atoms with Crippen molar-refractivity contribution in [2.24, 2.45) is 5.92 Å². The molecule has 0 atom stereocenters. The van der Waals surface area contributed by atoms with E-state index in [9.17, 15) is 9.59 Å². The van der Waals surface area contributed by atoms with Crippen molar-refractivity contribution in [1.29, 1.82) is 0 Å². The molecule has 1 aromatic carbocycles. The maximum atomic E-state index is 11.7. The van der Waals surface area contributed by atoms with Crippen molar-refractivity contribution in [1.82, 2.24) is 0 Å². The van der Waals surface area contributed by atoms with Gasteiger partial charge in [0.05, 0.1) is 5.69 Å². The number of hydrogen-bond donors (Lipinski definition) is 1. The monoisotopic (exact) mass is 233 g/mol. The lowest BCUT2D eigenvalue weighted by atomic mass is 10.1. The number of benzene rings is 1. The molecule has 3 heteroatoms. The Kier molecular flexibility index (Phi) is 4.88. The van der Waals surface area contributed by atoms with Crippen LogP contribution in [0.2, 0.25) is 0 Å². The third-order valence-corrected chi connectivity index (χ3v) is 2.53. The summed E-state index contributed by atoms with van der Waals surface area (Å²) in [5.41, 5.74) is 1.17. The van der Waals surface area contributed by atoms with Crippen LogP contribution < -0.4 is 5.32 Å². The highest BCUT2D eigenvalue weighted by atomic mass is 16.1. The summed E-state index contributed by atoms with van der Waals surface area (Å²) < 4.78 is 0. The predicted octanol–water partition coefficient (Wildman–Crippen LogP) is 3.26. The van der Waals surface area contributed by atoms with Gasteiger partial charge in [-0.2, -0.15) is 0 Å². The summed E-state index contributed by atoms with van der Waals surface area (Å²) in [5, 5.41) is 2.79. The highest BCUT2D eigenvalue weighted by Crippen LogP contribution is 2.16. The molecule has 0 aromatic heterocycles. The zero-order chi connectivity index (χ0) is 12.8. The molecule has 92 valence electrons. The summed E-state index contributed by atoms with van der Waals surface area (Å²) in [6.45, 7) is 5.66. The van der Waals surface area contributed by atoms with Gasteiger partial charge in [-0.15, -0.1) is 0 Å². The fraction of sp³-hybridized carbons (Fsp3) is 0.429. The van der Waals surface area contributed by atoms with E-state index in [0.29, 0.717) is 23.6 Å². The van der Waals surface area contributed by atoms with E-state index >= 15 is 0 Å². The summed E-state index contributed by atoms with van der Waals surface area (Å²) >= 11 is 0. The number of amides is 1. The van der Waals surface area contributed by atoms with Gasteiger partial charge in [0.1, 0.15) is 0 Å². The molecule has 0 fully saturated rings. The quantitative estimate of drug-likeness (QED) is 0.793. The molecule has 0 saturated heterocycles. The minimum Gasteiger partial charge on any atom is -0.325 e. The van der Waals surface area contributed by atoms with Crippen LogP contribution in [0.3, 0.4) is 0 Å². The van der Waals surface area contributed by atoms with Gasteiger partial charge in [0.2, 0.25) is 5.91 Å². The Labute approximate surface area is 102 Å². The highest BCUT2D eigenvalue weighted by molar-refractivity contribution is 6.03. The average Bonchev–Trinajstić information content (AvgIpc) is 2.27. The molecule has 0 heterocycles. The standard InChI is InChI=1S/C14H19NO2/c1-10(2)8-9-14(17)15-13-7-5-4-6-12(13)11(3)16/h4-7,10H,8-9H2,1-3H3,(H,15,17). The second-order valence-electron chi connectivity index (χ2n) is 4.58. The van der Waals surface area contributed by atoms with Gasteiger partial charge in [-0.25, -0.2) is 0 Å². The Morgan fingerprint density at radius 3 is 2.47 bits per heavy atom. The van der Waals surface area contributed by atoms with Crippen molar-refractivity contribution in [3.05, 3.63) is 29.8 Å². The molecule has 1 N–H and O–H groups in total. The second kappa shape index (κ2) is 6.18.